The van der Waals surface area contributed by atoms with Crippen molar-refractivity contribution in [2.75, 3.05) is 13.7 Å². The minimum absolute atomic E-state index is 0.0215. The fourth-order valence-electron chi connectivity index (χ4n) is 3.45. The molecule has 0 saturated heterocycles. The molecule has 1 heterocycles. The number of nitrogens with zero attached hydrogens (tertiary/aromatic N) is 2. The Balaban J connectivity index is 1.59. The van der Waals surface area contributed by atoms with Crippen LogP contribution in [0.4, 0.5) is 0 Å². The second-order valence-electron chi connectivity index (χ2n) is 7.66. The summed E-state index contributed by atoms with van der Waals surface area (Å²) in [6, 6.07) is 5.91. The fourth-order valence-corrected chi connectivity index (χ4v) is 3.45. The van der Waals surface area contributed by atoms with E-state index in [1.54, 1.807) is 7.11 Å². The molecule has 1 aromatic heterocycles. The third-order valence-corrected chi connectivity index (χ3v) is 5.11. The second-order valence-corrected chi connectivity index (χ2v) is 7.66. The normalized spacial score (nSPS) is 16.0. The van der Waals surface area contributed by atoms with Crippen molar-refractivity contribution >= 4 is 0 Å². The predicted molar refractivity (Wildman–Crippen MR) is 109 cm³/mol. The van der Waals surface area contributed by atoms with Crippen molar-refractivity contribution in [2.24, 2.45) is 0 Å². The molecule has 1 fully saturated rings. The van der Waals surface area contributed by atoms with E-state index in [0.29, 0.717) is 30.7 Å². The van der Waals surface area contributed by atoms with Crippen LogP contribution in [0, 0.1) is 0 Å². The molecule has 2 aromatic rings. The molecule has 1 aliphatic rings. The highest BCUT2D eigenvalue weighted by molar-refractivity contribution is 5.43. The standard InChI is InChI=1S/C22H31N3O3/c1-15(2)14-27-20-12-17(10-11-19(20)26-4)13-23-16(3)22-24-21(25-28-22)18-8-6-5-7-9-18/h10-12,16,18,23H,1,5-9,13-14H2,2-4H3. The van der Waals surface area contributed by atoms with Gasteiger partial charge < -0.3 is 19.3 Å². The van der Waals surface area contributed by atoms with Gasteiger partial charge in [0.05, 0.1) is 13.2 Å². The summed E-state index contributed by atoms with van der Waals surface area (Å²) in [7, 11) is 1.64. The smallest absolute Gasteiger partial charge is 0.243 e. The maximum atomic E-state index is 5.80. The number of rotatable bonds is 9. The van der Waals surface area contributed by atoms with Gasteiger partial charge in [0.2, 0.25) is 5.89 Å². The van der Waals surface area contributed by atoms with Gasteiger partial charge in [-0.25, -0.2) is 0 Å². The average Bonchev–Trinajstić information content (AvgIpc) is 3.21. The highest BCUT2D eigenvalue weighted by Crippen LogP contribution is 2.31. The summed E-state index contributed by atoms with van der Waals surface area (Å²) in [6.45, 7) is 8.98. The van der Waals surface area contributed by atoms with E-state index < -0.39 is 0 Å². The Labute approximate surface area is 167 Å². The molecular formula is C22H31N3O3. The van der Waals surface area contributed by atoms with Gasteiger partial charge in [-0.3, -0.25) is 0 Å². The molecule has 0 aliphatic heterocycles. The van der Waals surface area contributed by atoms with E-state index in [1.807, 2.05) is 32.0 Å². The van der Waals surface area contributed by atoms with Gasteiger partial charge in [-0.1, -0.05) is 37.1 Å². The van der Waals surface area contributed by atoms with E-state index in [1.165, 1.54) is 32.1 Å². The zero-order chi connectivity index (χ0) is 19.9. The van der Waals surface area contributed by atoms with Crippen molar-refractivity contribution in [1.29, 1.82) is 0 Å². The van der Waals surface area contributed by atoms with E-state index in [4.69, 9.17) is 14.0 Å². The van der Waals surface area contributed by atoms with Gasteiger partial charge in [-0.15, -0.1) is 0 Å². The zero-order valence-corrected chi connectivity index (χ0v) is 17.2. The van der Waals surface area contributed by atoms with Gasteiger partial charge in [-0.05, 0) is 50.0 Å². The lowest BCUT2D eigenvalue weighted by Crippen LogP contribution is -2.18. The van der Waals surface area contributed by atoms with Crippen LogP contribution < -0.4 is 14.8 Å². The quantitative estimate of drug-likeness (QED) is 0.617. The minimum Gasteiger partial charge on any atom is -0.493 e. The molecule has 0 amide bonds. The van der Waals surface area contributed by atoms with E-state index in [-0.39, 0.29) is 6.04 Å². The molecule has 0 spiro atoms. The number of ether oxygens (including phenoxy) is 2. The van der Waals surface area contributed by atoms with Gasteiger partial charge in [0.25, 0.3) is 0 Å². The van der Waals surface area contributed by atoms with Crippen molar-refractivity contribution in [3.05, 3.63) is 47.6 Å². The zero-order valence-electron chi connectivity index (χ0n) is 17.2. The van der Waals surface area contributed by atoms with E-state index in [9.17, 15) is 0 Å². The highest BCUT2D eigenvalue weighted by Gasteiger charge is 2.22. The molecule has 28 heavy (non-hydrogen) atoms. The first kappa shape index (κ1) is 20.4. The Kier molecular flexibility index (Phi) is 7.09. The van der Waals surface area contributed by atoms with Gasteiger partial charge in [0.15, 0.2) is 17.3 Å². The second kappa shape index (κ2) is 9.73. The number of hydrogen-bond acceptors (Lipinski definition) is 6. The Bertz CT molecular complexity index is 781. The molecule has 1 saturated carbocycles. The van der Waals surface area contributed by atoms with Crippen LogP contribution in [-0.4, -0.2) is 23.9 Å². The fraction of sp³-hybridized carbons (Fsp3) is 0.545. The first-order valence-electron chi connectivity index (χ1n) is 10.1. The lowest BCUT2D eigenvalue weighted by atomic mass is 9.89. The molecule has 1 aliphatic carbocycles. The molecule has 1 aromatic carbocycles. The topological polar surface area (TPSA) is 69.4 Å². The summed E-state index contributed by atoms with van der Waals surface area (Å²) in [5, 5.41) is 7.67. The van der Waals surface area contributed by atoms with Gasteiger partial charge in [0.1, 0.15) is 6.61 Å². The van der Waals surface area contributed by atoms with Crippen molar-refractivity contribution < 1.29 is 14.0 Å². The highest BCUT2D eigenvalue weighted by atomic mass is 16.5. The van der Waals surface area contributed by atoms with E-state index >= 15 is 0 Å². The van der Waals surface area contributed by atoms with Gasteiger partial charge >= 0.3 is 0 Å². The number of nitrogens with one attached hydrogen (secondary N) is 1. The van der Waals surface area contributed by atoms with Crippen molar-refractivity contribution in [3.8, 4) is 11.5 Å². The summed E-state index contributed by atoms with van der Waals surface area (Å²) >= 11 is 0. The molecular weight excluding hydrogens is 354 g/mol. The molecule has 0 bridgehead atoms. The van der Waals surface area contributed by atoms with Crippen LogP contribution in [0.5, 0.6) is 11.5 Å². The summed E-state index contributed by atoms with van der Waals surface area (Å²) < 4.78 is 16.7. The molecule has 6 nitrogen and oxygen atoms in total. The molecule has 3 rings (SSSR count). The Hall–Kier alpha value is -2.34. The minimum atomic E-state index is -0.0215. The molecule has 1 unspecified atom stereocenters. The Morgan fingerprint density at radius 2 is 2.07 bits per heavy atom. The van der Waals surface area contributed by atoms with Crippen molar-refractivity contribution in [2.45, 2.75) is 64.5 Å². The molecule has 1 atom stereocenters. The first-order valence-corrected chi connectivity index (χ1v) is 10.1. The first-order chi connectivity index (χ1) is 13.6. The van der Waals surface area contributed by atoms with Crippen LogP contribution in [0.3, 0.4) is 0 Å². The third kappa shape index (κ3) is 5.35. The lowest BCUT2D eigenvalue weighted by molar-refractivity contribution is 0.318. The number of aromatic nitrogens is 2. The van der Waals surface area contributed by atoms with Crippen LogP contribution in [0.15, 0.2) is 34.9 Å². The predicted octanol–water partition coefficient (Wildman–Crippen LogP) is 4.93. The summed E-state index contributed by atoms with van der Waals surface area (Å²) in [6.07, 6.45) is 6.17. The van der Waals surface area contributed by atoms with Gasteiger partial charge in [-0.2, -0.15) is 4.98 Å². The van der Waals surface area contributed by atoms with Crippen LogP contribution in [0.2, 0.25) is 0 Å². The SMILES string of the molecule is C=C(C)COc1cc(CNC(C)c2nc(C3CCCCC3)no2)ccc1OC. The third-order valence-electron chi connectivity index (χ3n) is 5.11. The number of hydrogen-bond donors (Lipinski definition) is 1. The van der Waals surface area contributed by atoms with E-state index in [0.717, 1.165) is 22.7 Å². The van der Waals surface area contributed by atoms with Gasteiger partial charge in [0, 0.05) is 12.5 Å². The Morgan fingerprint density at radius 3 is 2.79 bits per heavy atom. The largest absolute Gasteiger partial charge is 0.493 e. The van der Waals surface area contributed by atoms with E-state index in [2.05, 4.69) is 22.0 Å². The summed E-state index contributed by atoms with van der Waals surface area (Å²) in [5.41, 5.74) is 2.06. The molecule has 1 N–H and O–H groups in total. The van der Waals surface area contributed by atoms with Crippen LogP contribution in [-0.2, 0) is 6.54 Å². The maximum absolute atomic E-state index is 5.80. The monoisotopic (exact) mass is 385 g/mol. The number of benzene rings is 1. The van der Waals surface area contributed by atoms with Crippen LogP contribution in [0.1, 0.15) is 75.2 Å². The molecule has 0 radical (unpaired) electrons. The molecule has 6 heteroatoms. The molecule has 152 valence electrons. The van der Waals surface area contributed by atoms with Crippen molar-refractivity contribution in [1.82, 2.24) is 15.5 Å². The number of methoxy groups -OCH3 is 1. The Morgan fingerprint density at radius 1 is 1.29 bits per heavy atom. The average molecular weight is 386 g/mol. The maximum Gasteiger partial charge on any atom is 0.243 e. The van der Waals surface area contributed by atoms with Crippen LogP contribution in [0.25, 0.3) is 0 Å². The van der Waals surface area contributed by atoms with Crippen molar-refractivity contribution in [3.63, 3.8) is 0 Å². The summed E-state index contributed by atoms with van der Waals surface area (Å²) in [5.74, 6) is 3.39. The van der Waals surface area contributed by atoms with Crippen LogP contribution >= 0.6 is 0 Å². The lowest BCUT2D eigenvalue weighted by Gasteiger charge is -2.17. The summed E-state index contributed by atoms with van der Waals surface area (Å²) in [4.78, 5) is 4.65.